The molecule has 0 aliphatic carbocycles. The van der Waals surface area contributed by atoms with Gasteiger partial charge < -0.3 is 15.2 Å². The van der Waals surface area contributed by atoms with Gasteiger partial charge in [-0.2, -0.15) is 0 Å². The standard InChI is InChI=1S/C14H20N4O2/c1-3-8-18-12(11(9-15)16-17-18)10-20-14-7-5-4-6-13(14)19-2/h4-7H,3,8-10,15H2,1-2H3. The molecule has 0 bridgehead atoms. The Kier molecular flexibility index (Phi) is 4.95. The fourth-order valence-electron chi connectivity index (χ4n) is 1.96. The number of aromatic nitrogens is 3. The van der Waals surface area contributed by atoms with Crippen LogP contribution in [0.4, 0.5) is 0 Å². The summed E-state index contributed by atoms with van der Waals surface area (Å²) in [4.78, 5) is 0. The van der Waals surface area contributed by atoms with E-state index in [0.717, 1.165) is 24.4 Å². The second-order valence-electron chi connectivity index (χ2n) is 4.35. The molecule has 108 valence electrons. The van der Waals surface area contributed by atoms with E-state index >= 15 is 0 Å². The Morgan fingerprint density at radius 3 is 2.65 bits per heavy atom. The highest BCUT2D eigenvalue weighted by Gasteiger charge is 2.13. The van der Waals surface area contributed by atoms with Crippen molar-refractivity contribution in [1.29, 1.82) is 0 Å². The quantitative estimate of drug-likeness (QED) is 0.833. The van der Waals surface area contributed by atoms with Gasteiger partial charge in [-0.1, -0.05) is 24.3 Å². The summed E-state index contributed by atoms with van der Waals surface area (Å²) in [7, 11) is 1.62. The molecule has 0 saturated heterocycles. The van der Waals surface area contributed by atoms with Gasteiger partial charge >= 0.3 is 0 Å². The zero-order valence-corrected chi connectivity index (χ0v) is 11.9. The molecule has 2 rings (SSSR count). The van der Waals surface area contributed by atoms with Gasteiger partial charge in [0.25, 0.3) is 0 Å². The van der Waals surface area contributed by atoms with Gasteiger partial charge in [0.2, 0.25) is 0 Å². The molecule has 20 heavy (non-hydrogen) atoms. The van der Waals surface area contributed by atoms with Crippen LogP contribution in [0.1, 0.15) is 24.7 Å². The van der Waals surface area contributed by atoms with Crippen LogP contribution in [-0.4, -0.2) is 22.1 Å². The molecular weight excluding hydrogens is 256 g/mol. The number of hydrogen-bond acceptors (Lipinski definition) is 5. The van der Waals surface area contributed by atoms with E-state index in [4.69, 9.17) is 15.2 Å². The van der Waals surface area contributed by atoms with Gasteiger partial charge in [-0.25, -0.2) is 4.68 Å². The van der Waals surface area contributed by atoms with Crippen molar-refractivity contribution in [2.24, 2.45) is 5.73 Å². The van der Waals surface area contributed by atoms with E-state index in [-0.39, 0.29) is 0 Å². The minimum Gasteiger partial charge on any atom is -0.493 e. The minimum absolute atomic E-state index is 0.355. The average Bonchev–Trinajstić information content (AvgIpc) is 2.88. The highest BCUT2D eigenvalue weighted by molar-refractivity contribution is 5.39. The highest BCUT2D eigenvalue weighted by atomic mass is 16.5. The van der Waals surface area contributed by atoms with E-state index < -0.39 is 0 Å². The smallest absolute Gasteiger partial charge is 0.161 e. The molecule has 0 saturated carbocycles. The lowest BCUT2D eigenvalue weighted by atomic mass is 10.3. The first-order valence-electron chi connectivity index (χ1n) is 6.67. The molecule has 1 heterocycles. The molecule has 1 aromatic carbocycles. The molecule has 2 N–H and O–H groups in total. The Hall–Kier alpha value is -2.08. The summed E-state index contributed by atoms with van der Waals surface area (Å²) in [6.07, 6.45) is 0.981. The number of aryl methyl sites for hydroxylation is 1. The molecule has 0 fully saturated rings. The molecular formula is C14H20N4O2. The lowest BCUT2D eigenvalue weighted by Gasteiger charge is -2.11. The number of nitrogens with two attached hydrogens (primary N) is 1. The molecule has 0 aliphatic rings. The predicted octanol–water partition coefficient (Wildman–Crippen LogP) is 1.73. The molecule has 0 radical (unpaired) electrons. The zero-order valence-electron chi connectivity index (χ0n) is 11.9. The SMILES string of the molecule is CCCn1nnc(CN)c1COc1ccccc1OC. The van der Waals surface area contributed by atoms with Crippen molar-refractivity contribution in [3.63, 3.8) is 0 Å². The van der Waals surface area contributed by atoms with Crippen LogP contribution >= 0.6 is 0 Å². The normalized spacial score (nSPS) is 10.6. The molecule has 2 aromatic rings. The Morgan fingerprint density at radius 2 is 2.00 bits per heavy atom. The summed E-state index contributed by atoms with van der Waals surface area (Å²) in [6, 6.07) is 7.54. The summed E-state index contributed by atoms with van der Waals surface area (Å²) in [5.74, 6) is 1.40. The van der Waals surface area contributed by atoms with Gasteiger partial charge in [0.05, 0.1) is 7.11 Å². The van der Waals surface area contributed by atoms with E-state index in [1.165, 1.54) is 0 Å². The van der Waals surface area contributed by atoms with Crippen molar-refractivity contribution >= 4 is 0 Å². The van der Waals surface area contributed by atoms with E-state index in [2.05, 4.69) is 17.2 Å². The molecule has 0 spiro atoms. The molecule has 0 unspecified atom stereocenters. The lowest BCUT2D eigenvalue weighted by molar-refractivity contribution is 0.272. The Bertz CT molecular complexity index is 554. The first kappa shape index (κ1) is 14.3. The van der Waals surface area contributed by atoms with Crippen molar-refractivity contribution in [2.75, 3.05) is 7.11 Å². The number of ether oxygens (including phenoxy) is 2. The van der Waals surface area contributed by atoms with Crippen molar-refractivity contribution in [1.82, 2.24) is 15.0 Å². The van der Waals surface area contributed by atoms with Crippen molar-refractivity contribution in [3.05, 3.63) is 35.7 Å². The second-order valence-corrected chi connectivity index (χ2v) is 4.35. The summed E-state index contributed by atoms with van der Waals surface area (Å²) in [5, 5.41) is 8.19. The number of nitrogens with zero attached hydrogens (tertiary/aromatic N) is 3. The number of benzene rings is 1. The maximum absolute atomic E-state index is 5.82. The van der Waals surface area contributed by atoms with Gasteiger partial charge in [-0.15, -0.1) is 5.10 Å². The van der Waals surface area contributed by atoms with Crippen molar-refractivity contribution in [2.45, 2.75) is 33.0 Å². The summed E-state index contributed by atoms with van der Waals surface area (Å²) >= 11 is 0. The zero-order chi connectivity index (χ0) is 14.4. The number of rotatable bonds is 7. The maximum Gasteiger partial charge on any atom is 0.161 e. The van der Waals surface area contributed by atoms with Gasteiger partial charge in [-0.3, -0.25) is 0 Å². The van der Waals surface area contributed by atoms with Gasteiger partial charge in [0.15, 0.2) is 11.5 Å². The first-order valence-corrected chi connectivity index (χ1v) is 6.67. The van der Waals surface area contributed by atoms with Gasteiger partial charge in [-0.05, 0) is 18.6 Å². The van der Waals surface area contributed by atoms with E-state index in [9.17, 15) is 0 Å². The Labute approximate surface area is 118 Å². The number of methoxy groups -OCH3 is 1. The van der Waals surface area contributed by atoms with Crippen LogP contribution in [-0.2, 0) is 19.7 Å². The number of para-hydroxylation sites is 2. The van der Waals surface area contributed by atoms with Crippen LogP contribution in [0.5, 0.6) is 11.5 Å². The summed E-state index contributed by atoms with van der Waals surface area (Å²) in [5.41, 5.74) is 7.38. The molecule has 0 atom stereocenters. The average molecular weight is 276 g/mol. The van der Waals surface area contributed by atoms with Crippen LogP contribution in [0.2, 0.25) is 0 Å². The van der Waals surface area contributed by atoms with Gasteiger partial charge in [0, 0.05) is 13.1 Å². The van der Waals surface area contributed by atoms with Crippen molar-refractivity contribution < 1.29 is 9.47 Å². The Balaban J connectivity index is 2.15. The number of hydrogen-bond donors (Lipinski definition) is 1. The third-order valence-corrected chi connectivity index (χ3v) is 2.98. The molecule has 0 amide bonds. The fourth-order valence-corrected chi connectivity index (χ4v) is 1.96. The highest BCUT2D eigenvalue weighted by Crippen LogP contribution is 2.26. The largest absolute Gasteiger partial charge is 0.493 e. The van der Waals surface area contributed by atoms with E-state index in [1.807, 2.05) is 28.9 Å². The van der Waals surface area contributed by atoms with Crippen LogP contribution in [0.3, 0.4) is 0 Å². The predicted molar refractivity (Wildman–Crippen MR) is 75.5 cm³/mol. The molecule has 6 nitrogen and oxygen atoms in total. The first-order chi connectivity index (χ1) is 9.80. The fraction of sp³-hybridized carbons (Fsp3) is 0.429. The van der Waals surface area contributed by atoms with Crippen LogP contribution < -0.4 is 15.2 Å². The van der Waals surface area contributed by atoms with Crippen molar-refractivity contribution in [3.8, 4) is 11.5 Å². The third kappa shape index (κ3) is 3.08. The van der Waals surface area contributed by atoms with E-state index in [1.54, 1.807) is 7.11 Å². The minimum atomic E-state index is 0.355. The van der Waals surface area contributed by atoms with Gasteiger partial charge in [0.1, 0.15) is 18.0 Å². The summed E-state index contributed by atoms with van der Waals surface area (Å²) < 4.78 is 12.9. The maximum atomic E-state index is 5.82. The molecule has 0 aliphatic heterocycles. The Morgan fingerprint density at radius 1 is 1.25 bits per heavy atom. The monoisotopic (exact) mass is 276 g/mol. The van der Waals surface area contributed by atoms with Crippen LogP contribution in [0.15, 0.2) is 24.3 Å². The molecule has 1 aromatic heterocycles. The third-order valence-electron chi connectivity index (χ3n) is 2.98. The summed E-state index contributed by atoms with van der Waals surface area (Å²) in [6.45, 7) is 3.63. The lowest BCUT2D eigenvalue weighted by Crippen LogP contribution is -2.11. The van der Waals surface area contributed by atoms with Crippen LogP contribution in [0, 0.1) is 0 Å². The topological polar surface area (TPSA) is 75.2 Å². The van der Waals surface area contributed by atoms with Crippen LogP contribution in [0.25, 0.3) is 0 Å². The molecule has 6 heteroatoms. The van der Waals surface area contributed by atoms with E-state index in [0.29, 0.717) is 24.7 Å². The second kappa shape index (κ2) is 6.91.